The minimum atomic E-state index is -0.262. The van der Waals surface area contributed by atoms with Gasteiger partial charge in [0.2, 0.25) is 0 Å². The van der Waals surface area contributed by atoms with E-state index < -0.39 is 0 Å². The number of hydrogen-bond donors (Lipinski definition) is 2. The molecule has 1 amide bonds. The van der Waals surface area contributed by atoms with Crippen LogP contribution in [0.5, 0.6) is 0 Å². The zero-order valence-corrected chi connectivity index (χ0v) is 13.4. The lowest BCUT2D eigenvalue weighted by molar-refractivity contribution is 0.0924. The van der Waals surface area contributed by atoms with Gasteiger partial charge in [0.25, 0.3) is 11.5 Å². The van der Waals surface area contributed by atoms with Gasteiger partial charge in [0.15, 0.2) is 0 Å². The quantitative estimate of drug-likeness (QED) is 0.882. The first-order valence-electron chi connectivity index (χ1n) is 7.41. The Hall–Kier alpha value is -2.18. The standard InChI is InChI=1S/C16H18N4O2.ClH/c21-15-9-8-14(16(22)18-12-5-4-10-17-11-12)19-20(15)13-6-2-1-3-7-13;/h1-3,6-9,12,17H,4-5,10-11H2,(H,18,22);1H. The minimum Gasteiger partial charge on any atom is -0.347 e. The first kappa shape index (κ1) is 17.2. The van der Waals surface area contributed by atoms with E-state index in [-0.39, 0.29) is 35.6 Å². The average molecular weight is 335 g/mol. The van der Waals surface area contributed by atoms with Crippen molar-refractivity contribution < 1.29 is 4.79 Å². The van der Waals surface area contributed by atoms with Crippen LogP contribution >= 0.6 is 12.4 Å². The van der Waals surface area contributed by atoms with Gasteiger partial charge in [-0.05, 0) is 37.6 Å². The third kappa shape index (κ3) is 4.18. The molecule has 23 heavy (non-hydrogen) atoms. The van der Waals surface area contributed by atoms with Gasteiger partial charge in [-0.25, -0.2) is 0 Å². The molecule has 1 aliphatic heterocycles. The number of rotatable bonds is 3. The molecule has 1 aromatic heterocycles. The number of aromatic nitrogens is 2. The summed E-state index contributed by atoms with van der Waals surface area (Å²) in [6, 6.07) is 12.0. The van der Waals surface area contributed by atoms with Gasteiger partial charge < -0.3 is 10.6 Å². The number of benzene rings is 1. The third-order valence-corrected chi connectivity index (χ3v) is 3.67. The highest BCUT2D eigenvalue weighted by Crippen LogP contribution is 2.05. The fourth-order valence-corrected chi connectivity index (χ4v) is 2.52. The third-order valence-electron chi connectivity index (χ3n) is 3.67. The maximum absolute atomic E-state index is 12.3. The Morgan fingerprint density at radius 1 is 1.22 bits per heavy atom. The second-order valence-corrected chi connectivity index (χ2v) is 5.32. The molecule has 0 radical (unpaired) electrons. The zero-order chi connectivity index (χ0) is 15.4. The maximum atomic E-state index is 12.3. The minimum absolute atomic E-state index is 0. The van der Waals surface area contributed by atoms with Crippen LogP contribution < -0.4 is 16.2 Å². The largest absolute Gasteiger partial charge is 0.347 e. The van der Waals surface area contributed by atoms with Gasteiger partial charge in [0.05, 0.1) is 5.69 Å². The molecular formula is C16H19ClN4O2. The average Bonchev–Trinajstić information content (AvgIpc) is 2.57. The van der Waals surface area contributed by atoms with E-state index in [1.54, 1.807) is 12.1 Å². The van der Waals surface area contributed by atoms with Gasteiger partial charge in [-0.3, -0.25) is 9.59 Å². The van der Waals surface area contributed by atoms with Gasteiger partial charge >= 0.3 is 0 Å². The van der Waals surface area contributed by atoms with E-state index in [4.69, 9.17) is 0 Å². The second-order valence-electron chi connectivity index (χ2n) is 5.32. The summed E-state index contributed by atoms with van der Waals surface area (Å²) in [7, 11) is 0. The lowest BCUT2D eigenvalue weighted by Crippen LogP contribution is -2.46. The van der Waals surface area contributed by atoms with Gasteiger partial charge in [0.1, 0.15) is 5.69 Å². The molecule has 1 aliphatic rings. The molecule has 6 nitrogen and oxygen atoms in total. The lowest BCUT2D eigenvalue weighted by atomic mass is 10.1. The van der Waals surface area contributed by atoms with E-state index in [2.05, 4.69) is 15.7 Å². The van der Waals surface area contributed by atoms with E-state index in [0.717, 1.165) is 25.9 Å². The molecule has 3 rings (SSSR count). The normalized spacial score (nSPS) is 17.1. The summed E-state index contributed by atoms with van der Waals surface area (Å²) < 4.78 is 1.24. The van der Waals surface area contributed by atoms with Crippen molar-refractivity contribution in [2.45, 2.75) is 18.9 Å². The van der Waals surface area contributed by atoms with Crippen molar-refractivity contribution in [3.8, 4) is 5.69 Å². The second kappa shape index (κ2) is 7.89. The van der Waals surface area contributed by atoms with Crippen molar-refractivity contribution in [2.24, 2.45) is 0 Å². The van der Waals surface area contributed by atoms with Gasteiger partial charge in [-0.1, -0.05) is 18.2 Å². The summed E-state index contributed by atoms with van der Waals surface area (Å²) in [6.07, 6.45) is 2.00. The number of halogens is 1. The molecule has 1 fully saturated rings. The summed E-state index contributed by atoms with van der Waals surface area (Å²) in [5.41, 5.74) is 0.623. The molecule has 0 bridgehead atoms. The van der Waals surface area contributed by atoms with Crippen LogP contribution in [0.3, 0.4) is 0 Å². The van der Waals surface area contributed by atoms with Gasteiger partial charge in [-0.15, -0.1) is 12.4 Å². The highest BCUT2D eigenvalue weighted by Gasteiger charge is 2.17. The molecule has 0 saturated carbocycles. The van der Waals surface area contributed by atoms with Crippen LogP contribution in [-0.2, 0) is 0 Å². The molecule has 1 aromatic carbocycles. The highest BCUT2D eigenvalue weighted by molar-refractivity contribution is 5.92. The predicted octanol–water partition coefficient (Wildman–Crippen LogP) is 1.14. The fourth-order valence-electron chi connectivity index (χ4n) is 2.52. The number of hydrogen-bond acceptors (Lipinski definition) is 4. The topological polar surface area (TPSA) is 76.0 Å². The summed E-state index contributed by atoms with van der Waals surface area (Å²) in [5.74, 6) is -0.251. The summed E-state index contributed by atoms with van der Waals surface area (Å²) >= 11 is 0. The van der Waals surface area contributed by atoms with Gasteiger partial charge in [0, 0.05) is 18.7 Å². The Balaban J connectivity index is 0.00000192. The fraction of sp³-hybridized carbons (Fsp3) is 0.312. The van der Waals surface area contributed by atoms with Crippen molar-refractivity contribution in [3.63, 3.8) is 0 Å². The molecular weight excluding hydrogens is 316 g/mol. The van der Waals surface area contributed by atoms with Crippen molar-refractivity contribution >= 4 is 18.3 Å². The maximum Gasteiger partial charge on any atom is 0.272 e. The zero-order valence-electron chi connectivity index (χ0n) is 12.6. The van der Waals surface area contributed by atoms with Crippen LogP contribution in [0.2, 0.25) is 0 Å². The van der Waals surface area contributed by atoms with Crippen LogP contribution in [0, 0.1) is 0 Å². The number of amides is 1. The predicted molar refractivity (Wildman–Crippen MR) is 90.4 cm³/mol. The van der Waals surface area contributed by atoms with E-state index in [0.29, 0.717) is 5.69 Å². The lowest BCUT2D eigenvalue weighted by Gasteiger charge is -2.23. The SMILES string of the molecule is Cl.O=C(NC1CCCNC1)c1ccc(=O)n(-c2ccccc2)n1. The van der Waals surface area contributed by atoms with Crippen molar-refractivity contribution in [1.82, 2.24) is 20.4 Å². The monoisotopic (exact) mass is 334 g/mol. The Morgan fingerprint density at radius 3 is 2.70 bits per heavy atom. The molecule has 1 saturated heterocycles. The van der Waals surface area contributed by atoms with E-state index in [1.807, 2.05) is 18.2 Å². The first-order valence-corrected chi connectivity index (χ1v) is 7.41. The van der Waals surface area contributed by atoms with Crippen LogP contribution in [0.4, 0.5) is 0 Å². The summed E-state index contributed by atoms with van der Waals surface area (Å²) in [6.45, 7) is 1.76. The van der Waals surface area contributed by atoms with Crippen LogP contribution in [0.25, 0.3) is 5.69 Å². The van der Waals surface area contributed by atoms with Crippen LogP contribution in [0.1, 0.15) is 23.3 Å². The number of nitrogens with one attached hydrogen (secondary N) is 2. The van der Waals surface area contributed by atoms with Crippen molar-refractivity contribution in [1.29, 1.82) is 0 Å². The number of para-hydroxylation sites is 1. The highest BCUT2D eigenvalue weighted by atomic mass is 35.5. The van der Waals surface area contributed by atoms with E-state index in [1.165, 1.54) is 16.8 Å². The number of piperidine rings is 1. The van der Waals surface area contributed by atoms with Crippen LogP contribution in [0.15, 0.2) is 47.3 Å². The Kier molecular flexibility index (Phi) is 5.90. The molecule has 122 valence electrons. The van der Waals surface area contributed by atoms with Crippen LogP contribution in [-0.4, -0.2) is 34.8 Å². The molecule has 0 aliphatic carbocycles. The molecule has 1 unspecified atom stereocenters. The molecule has 0 spiro atoms. The van der Waals surface area contributed by atoms with Crippen molar-refractivity contribution in [3.05, 3.63) is 58.5 Å². The Bertz CT molecular complexity index is 712. The summed E-state index contributed by atoms with van der Waals surface area (Å²) in [5, 5.41) is 10.4. The Labute approximate surface area is 140 Å². The smallest absolute Gasteiger partial charge is 0.272 e. The molecule has 2 N–H and O–H groups in total. The molecule has 2 heterocycles. The summed E-state index contributed by atoms with van der Waals surface area (Å²) in [4.78, 5) is 24.2. The van der Waals surface area contributed by atoms with E-state index >= 15 is 0 Å². The van der Waals surface area contributed by atoms with E-state index in [9.17, 15) is 9.59 Å². The van der Waals surface area contributed by atoms with Gasteiger partial charge in [-0.2, -0.15) is 9.78 Å². The molecule has 7 heteroatoms. The number of carbonyl (C=O) groups is 1. The first-order chi connectivity index (χ1) is 10.7. The number of nitrogens with zero attached hydrogens (tertiary/aromatic N) is 2. The Morgan fingerprint density at radius 2 is 2.00 bits per heavy atom. The van der Waals surface area contributed by atoms with Crippen molar-refractivity contribution in [2.75, 3.05) is 13.1 Å². The molecule has 1 atom stereocenters. The molecule has 2 aromatic rings. The number of carbonyl (C=O) groups excluding carboxylic acids is 1.